The van der Waals surface area contributed by atoms with Crippen LogP contribution < -0.4 is 10.6 Å². The van der Waals surface area contributed by atoms with E-state index in [2.05, 4.69) is 15.6 Å². The highest BCUT2D eigenvalue weighted by Gasteiger charge is 2.24. The first-order valence-electron chi connectivity index (χ1n) is 10.0. The number of oxazole rings is 1. The smallest absolute Gasteiger partial charge is 0.255 e. The van der Waals surface area contributed by atoms with Crippen molar-refractivity contribution in [1.29, 1.82) is 0 Å². The molecule has 7 heteroatoms. The van der Waals surface area contributed by atoms with E-state index in [1.807, 2.05) is 20.8 Å². The predicted molar refractivity (Wildman–Crippen MR) is 115 cm³/mol. The van der Waals surface area contributed by atoms with E-state index in [1.54, 1.807) is 42.5 Å². The van der Waals surface area contributed by atoms with Crippen LogP contribution in [0.2, 0.25) is 0 Å². The third-order valence-electron chi connectivity index (χ3n) is 4.90. The lowest BCUT2D eigenvalue weighted by Crippen LogP contribution is -2.27. The van der Waals surface area contributed by atoms with Gasteiger partial charge < -0.3 is 19.8 Å². The first-order chi connectivity index (χ1) is 14.3. The molecule has 1 saturated heterocycles. The number of benzene rings is 2. The van der Waals surface area contributed by atoms with Gasteiger partial charge in [-0.15, -0.1) is 0 Å². The molecule has 1 aliphatic rings. The van der Waals surface area contributed by atoms with Crippen molar-refractivity contribution in [2.75, 3.05) is 17.2 Å². The Kier molecular flexibility index (Phi) is 5.30. The molecule has 2 amide bonds. The molecule has 0 saturated carbocycles. The van der Waals surface area contributed by atoms with Gasteiger partial charge in [0.2, 0.25) is 5.89 Å². The van der Waals surface area contributed by atoms with Crippen molar-refractivity contribution in [1.82, 2.24) is 4.98 Å². The summed E-state index contributed by atoms with van der Waals surface area (Å²) in [6, 6.07) is 12.2. The molecule has 7 nitrogen and oxygen atoms in total. The molecule has 1 fully saturated rings. The van der Waals surface area contributed by atoms with Gasteiger partial charge in [-0.3, -0.25) is 9.59 Å². The lowest BCUT2D eigenvalue weighted by Gasteiger charge is -2.11. The van der Waals surface area contributed by atoms with Crippen LogP contribution in [0.5, 0.6) is 0 Å². The molecular weight excluding hydrogens is 382 g/mol. The average molecular weight is 407 g/mol. The topological polar surface area (TPSA) is 93.5 Å². The van der Waals surface area contributed by atoms with E-state index in [0.717, 1.165) is 6.42 Å². The lowest BCUT2D eigenvalue weighted by atomic mass is 9.97. The maximum Gasteiger partial charge on any atom is 0.255 e. The van der Waals surface area contributed by atoms with Gasteiger partial charge >= 0.3 is 0 Å². The Labute approximate surface area is 174 Å². The van der Waals surface area contributed by atoms with E-state index in [0.29, 0.717) is 47.0 Å². The summed E-state index contributed by atoms with van der Waals surface area (Å²) >= 11 is 0. The fourth-order valence-corrected chi connectivity index (χ4v) is 3.27. The molecule has 1 aromatic heterocycles. The molecule has 0 aliphatic carbocycles. The maximum atomic E-state index is 12.7. The molecule has 30 heavy (non-hydrogen) atoms. The second-order valence-electron chi connectivity index (χ2n) is 8.48. The number of anilines is 2. The number of carbonyl (C=O) groups is 2. The molecule has 2 heterocycles. The fourth-order valence-electron chi connectivity index (χ4n) is 3.27. The lowest BCUT2D eigenvalue weighted by molar-refractivity contribution is -0.124. The van der Waals surface area contributed by atoms with Crippen LogP contribution in [-0.4, -0.2) is 29.5 Å². The van der Waals surface area contributed by atoms with E-state index in [9.17, 15) is 9.59 Å². The van der Waals surface area contributed by atoms with Crippen molar-refractivity contribution in [3.63, 3.8) is 0 Å². The summed E-state index contributed by atoms with van der Waals surface area (Å²) in [4.78, 5) is 29.5. The van der Waals surface area contributed by atoms with E-state index in [-0.39, 0.29) is 17.2 Å². The molecule has 3 aromatic rings. The monoisotopic (exact) mass is 407 g/mol. The molecule has 0 bridgehead atoms. The summed E-state index contributed by atoms with van der Waals surface area (Å²) in [6.07, 6.45) is 1.18. The molecule has 0 spiro atoms. The summed E-state index contributed by atoms with van der Waals surface area (Å²) in [5, 5.41) is 5.69. The SMILES string of the molecule is CC(C)(C)c1nc2cc(NC(=O)c3cccc(NC(=O)[C@H]4CCCO4)c3)ccc2o1. The van der Waals surface area contributed by atoms with Gasteiger partial charge in [-0.05, 0) is 49.2 Å². The Morgan fingerprint density at radius 2 is 1.87 bits per heavy atom. The summed E-state index contributed by atoms with van der Waals surface area (Å²) < 4.78 is 11.2. The number of fused-ring (bicyclic) bond motifs is 1. The molecule has 4 rings (SSSR count). The molecular formula is C23H25N3O4. The second-order valence-corrected chi connectivity index (χ2v) is 8.48. The molecule has 0 unspecified atom stereocenters. The Bertz CT molecular complexity index is 1090. The van der Waals surface area contributed by atoms with E-state index in [1.165, 1.54) is 0 Å². The molecule has 0 radical (unpaired) electrons. The van der Waals surface area contributed by atoms with Crippen LogP contribution in [0.4, 0.5) is 11.4 Å². The number of hydrogen-bond acceptors (Lipinski definition) is 5. The average Bonchev–Trinajstić information content (AvgIpc) is 3.37. The van der Waals surface area contributed by atoms with Gasteiger partial charge in [0, 0.05) is 29.0 Å². The molecule has 156 valence electrons. The van der Waals surface area contributed by atoms with Gasteiger partial charge in [0.15, 0.2) is 5.58 Å². The Balaban J connectivity index is 1.47. The van der Waals surface area contributed by atoms with E-state index in [4.69, 9.17) is 9.15 Å². The number of rotatable bonds is 4. The quantitative estimate of drug-likeness (QED) is 0.664. The summed E-state index contributed by atoms with van der Waals surface area (Å²) in [5.74, 6) is 0.189. The summed E-state index contributed by atoms with van der Waals surface area (Å²) in [5.41, 5.74) is 2.79. The highest BCUT2D eigenvalue weighted by Crippen LogP contribution is 2.27. The number of carbonyl (C=O) groups excluding carboxylic acids is 2. The Morgan fingerprint density at radius 1 is 1.07 bits per heavy atom. The zero-order valence-corrected chi connectivity index (χ0v) is 17.3. The van der Waals surface area contributed by atoms with Crippen LogP contribution in [0.3, 0.4) is 0 Å². The molecule has 2 N–H and O–H groups in total. The zero-order chi connectivity index (χ0) is 21.3. The summed E-state index contributed by atoms with van der Waals surface area (Å²) in [6.45, 7) is 6.70. The summed E-state index contributed by atoms with van der Waals surface area (Å²) in [7, 11) is 0. The van der Waals surface area contributed by atoms with Gasteiger partial charge in [-0.2, -0.15) is 0 Å². The normalized spacial score (nSPS) is 16.6. The van der Waals surface area contributed by atoms with Gasteiger partial charge in [0.05, 0.1) is 0 Å². The van der Waals surface area contributed by atoms with Crippen molar-refractivity contribution in [3.8, 4) is 0 Å². The Hall–Kier alpha value is -3.19. The number of nitrogens with one attached hydrogen (secondary N) is 2. The predicted octanol–water partition coefficient (Wildman–Crippen LogP) is 4.50. The molecule has 1 atom stereocenters. The second kappa shape index (κ2) is 7.91. The first kappa shape index (κ1) is 20.1. The van der Waals surface area contributed by atoms with Crippen molar-refractivity contribution in [2.24, 2.45) is 0 Å². The van der Waals surface area contributed by atoms with Gasteiger partial charge in [0.1, 0.15) is 11.6 Å². The van der Waals surface area contributed by atoms with Gasteiger partial charge in [-0.1, -0.05) is 26.8 Å². The van der Waals surface area contributed by atoms with Gasteiger partial charge in [0.25, 0.3) is 11.8 Å². The van der Waals surface area contributed by atoms with Crippen molar-refractivity contribution in [2.45, 2.75) is 45.1 Å². The third-order valence-corrected chi connectivity index (χ3v) is 4.90. The number of hydrogen-bond donors (Lipinski definition) is 2. The van der Waals surface area contributed by atoms with Crippen molar-refractivity contribution >= 4 is 34.3 Å². The van der Waals surface area contributed by atoms with Crippen LogP contribution in [0, 0.1) is 0 Å². The Morgan fingerprint density at radius 3 is 2.60 bits per heavy atom. The number of aromatic nitrogens is 1. The highest BCUT2D eigenvalue weighted by atomic mass is 16.5. The largest absolute Gasteiger partial charge is 0.440 e. The number of ether oxygens (including phenoxy) is 1. The van der Waals surface area contributed by atoms with Crippen LogP contribution in [0.1, 0.15) is 49.9 Å². The van der Waals surface area contributed by atoms with Crippen LogP contribution >= 0.6 is 0 Å². The highest BCUT2D eigenvalue weighted by molar-refractivity contribution is 6.06. The third kappa shape index (κ3) is 4.36. The molecule has 2 aromatic carbocycles. The minimum atomic E-state index is -0.422. The maximum absolute atomic E-state index is 12.7. The number of nitrogens with zero attached hydrogens (tertiary/aromatic N) is 1. The molecule has 1 aliphatic heterocycles. The first-order valence-corrected chi connectivity index (χ1v) is 10.0. The van der Waals surface area contributed by atoms with Crippen molar-refractivity contribution in [3.05, 3.63) is 53.9 Å². The van der Waals surface area contributed by atoms with Gasteiger partial charge in [-0.25, -0.2) is 4.98 Å². The zero-order valence-electron chi connectivity index (χ0n) is 17.3. The van der Waals surface area contributed by atoms with Crippen LogP contribution in [-0.2, 0) is 14.9 Å². The van der Waals surface area contributed by atoms with E-state index >= 15 is 0 Å². The minimum absolute atomic E-state index is 0.184. The minimum Gasteiger partial charge on any atom is -0.440 e. The van der Waals surface area contributed by atoms with Crippen LogP contribution in [0.25, 0.3) is 11.1 Å². The van der Waals surface area contributed by atoms with E-state index < -0.39 is 6.10 Å². The fraction of sp³-hybridized carbons (Fsp3) is 0.348. The van der Waals surface area contributed by atoms with Crippen molar-refractivity contribution < 1.29 is 18.7 Å². The standard InChI is InChI=1S/C23H25N3O4/c1-23(2,3)22-26-17-13-16(9-10-18(17)30-22)24-20(27)14-6-4-7-15(12-14)25-21(28)19-8-5-11-29-19/h4,6-7,9-10,12-13,19H,5,8,11H2,1-3H3,(H,24,27)(H,25,28)/t19-/m1/s1. The van der Waals surface area contributed by atoms with Crippen LogP contribution in [0.15, 0.2) is 46.9 Å². The number of amides is 2.